The van der Waals surface area contributed by atoms with E-state index in [0.29, 0.717) is 6.42 Å². The van der Waals surface area contributed by atoms with Crippen LogP contribution >= 0.6 is 11.6 Å². The maximum atomic E-state index is 12.0. The van der Waals surface area contributed by atoms with Crippen molar-refractivity contribution in [3.8, 4) is 5.75 Å². The molecule has 22 heavy (non-hydrogen) atoms. The van der Waals surface area contributed by atoms with E-state index in [1.54, 1.807) is 19.3 Å². The molecule has 5 nitrogen and oxygen atoms in total. The van der Waals surface area contributed by atoms with Gasteiger partial charge in [0.25, 0.3) is 0 Å². The Morgan fingerprint density at radius 1 is 1.18 bits per heavy atom. The van der Waals surface area contributed by atoms with Crippen molar-refractivity contribution in [2.45, 2.75) is 11.6 Å². The fraction of sp³-hybridized carbons (Fsp3) is 0.200. The number of hydrogen-bond acceptors (Lipinski definition) is 5. The predicted molar refractivity (Wildman–Crippen MR) is 84.9 cm³/mol. The lowest BCUT2D eigenvalue weighted by Gasteiger charge is -2.01. The number of ether oxygens (including phenoxy) is 1. The molecule has 0 saturated heterocycles. The maximum absolute atomic E-state index is 12.0. The highest BCUT2D eigenvalue weighted by atomic mass is 35.5. The zero-order valence-corrected chi connectivity index (χ0v) is 13.5. The third-order valence-corrected chi connectivity index (χ3v) is 4.47. The summed E-state index contributed by atoms with van der Waals surface area (Å²) in [4.78, 5) is 7.46. The van der Waals surface area contributed by atoms with Crippen molar-refractivity contribution in [1.82, 2.24) is 9.97 Å². The fourth-order valence-corrected chi connectivity index (χ4v) is 2.90. The lowest BCUT2D eigenvalue weighted by atomic mass is 10.1. The summed E-state index contributed by atoms with van der Waals surface area (Å²) in [5, 5.41) is -0.148. The van der Waals surface area contributed by atoms with Gasteiger partial charge in [0, 0.05) is 6.20 Å². The topological polar surface area (TPSA) is 69.2 Å². The Morgan fingerprint density at radius 3 is 2.55 bits per heavy atom. The van der Waals surface area contributed by atoms with Crippen molar-refractivity contribution in [3.63, 3.8) is 0 Å². The largest absolute Gasteiger partial charge is 0.497 e. The van der Waals surface area contributed by atoms with E-state index < -0.39 is 9.84 Å². The zero-order chi connectivity index (χ0) is 16.0. The standard InChI is InChI=1S/C15H15ClN2O3S/c1-21-13-7-5-12(6-8-13)4-2-3-11-22(19,20)15-17-10-9-14(16)18-15/h2-3,5-10H,4,11H2,1H3. The van der Waals surface area contributed by atoms with Crippen molar-refractivity contribution in [3.05, 3.63) is 59.4 Å². The Morgan fingerprint density at radius 2 is 1.91 bits per heavy atom. The van der Waals surface area contributed by atoms with E-state index in [1.165, 1.54) is 12.3 Å². The summed E-state index contributed by atoms with van der Waals surface area (Å²) in [6.45, 7) is 0. The number of rotatable bonds is 6. The molecule has 0 radical (unpaired) electrons. The minimum absolute atomic E-state index is 0.107. The molecular weight excluding hydrogens is 324 g/mol. The molecule has 0 atom stereocenters. The molecule has 0 aliphatic rings. The van der Waals surface area contributed by atoms with Crippen molar-refractivity contribution >= 4 is 21.4 Å². The fourth-order valence-electron chi connectivity index (χ4n) is 1.72. The molecule has 0 spiro atoms. The number of allylic oxidation sites excluding steroid dienone is 1. The number of methoxy groups -OCH3 is 1. The van der Waals surface area contributed by atoms with Gasteiger partial charge in [0.2, 0.25) is 15.0 Å². The monoisotopic (exact) mass is 338 g/mol. The molecule has 0 amide bonds. The summed E-state index contributed by atoms with van der Waals surface area (Å²) in [5.41, 5.74) is 1.06. The van der Waals surface area contributed by atoms with Gasteiger partial charge in [-0.2, -0.15) is 0 Å². The van der Waals surface area contributed by atoms with Crippen molar-refractivity contribution in [2.24, 2.45) is 0 Å². The molecule has 0 unspecified atom stereocenters. The van der Waals surface area contributed by atoms with Gasteiger partial charge in [0.05, 0.1) is 12.9 Å². The Hall–Kier alpha value is -1.92. The number of aromatic nitrogens is 2. The van der Waals surface area contributed by atoms with Crippen LogP contribution in [0.4, 0.5) is 0 Å². The number of halogens is 1. The molecule has 2 rings (SSSR count). The summed E-state index contributed by atoms with van der Waals surface area (Å²) in [6.07, 6.45) is 5.34. The van der Waals surface area contributed by atoms with Gasteiger partial charge in [0.1, 0.15) is 10.9 Å². The second kappa shape index (κ2) is 7.38. The highest BCUT2D eigenvalue weighted by molar-refractivity contribution is 7.91. The molecule has 0 aliphatic carbocycles. The van der Waals surface area contributed by atoms with Crippen LogP contribution in [0.3, 0.4) is 0 Å². The van der Waals surface area contributed by atoms with Gasteiger partial charge in [0.15, 0.2) is 0 Å². The second-order valence-electron chi connectivity index (χ2n) is 4.47. The Labute approximate surface area is 134 Å². The molecule has 0 bridgehead atoms. The Bertz CT molecular complexity index is 759. The molecule has 0 N–H and O–H groups in total. The molecule has 116 valence electrons. The highest BCUT2D eigenvalue weighted by Crippen LogP contribution is 2.12. The minimum Gasteiger partial charge on any atom is -0.497 e. The molecule has 1 heterocycles. The second-order valence-corrected chi connectivity index (χ2v) is 6.78. The lowest BCUT2D eigenvalue weighted by molar-refractivity contribution is 0.414. The van der Waals surface area contributed by atoms with Crippen LogP contribution < -0.4 is 4.74 Å². The van der Waals surface area contributed by atoms with Crippen LogP contribution in [0.25, 0.3) is 0 Å². The van der Waals surface area contributed by atoms with Crippen LogP contribution in [-0.2, 0) is 16.3 Å². The van der Waals surface area contributed by atoms with E-state index in [4.69, 9.17) is 16.3 Å². The summed E-state index contributed by atoms with van der Waals surface area (Å²) in [6, 6.07) is 9.01. The third-order valence-electron chi connectivity index (χ3n) is 2.87. The van der Waals surface area contributed by atoms with Crippen LogP contribution in [-0.4, -0.2) is 31.2 Å². The first-order chi connectivity index (χ1) is 10.5. The third kappa shape index (κ3) is 4.54. The Kier molecular flexibility index (Phi) is 5.51. The maximum Gasteiger partial charge on any atom is 0.248 e. The van der Waals surface area contributed by atoms with Crippen LogP contribution in [0.2, 0.25) is 5.15 Å². The Balaban J connectivity index is 1.96. The SMILES string of the molecule is COc1ccc(CC=CCS(=O)(=O)c2nccc(Cl)n2)cc1. The van der Waals surface area contributed by atoms with Crippen molar-refractivity contribution < 1.29 is 13.2 Å². The van der Waals surface area contributed by atoms with Gasteiger partial charge in [-0.25, -0.2) is 18.4 Å². The smallest absolute Gasteiger partial charge is 0.248 e. The summed E-state index contributed by atoms with van der Waals surface area (Å²) >= 11 is 5.67. The molecule has 1 aromatic carbocycles. The number of sulfone groups is 1. The predicted octanol–water partition coefficient (Wildman–Crippen LogP) is 2.71. The number of hydrogen-bond donors (Lipinski definition) is 0. The first-order valence-electron chi connectivity index (χ1n) is 6.50. The molecule has 0 aliphatic heterocycles. The number of nitrogens with zero attached hydrogens (tertiary/aromatic N) is 2. The van der Waals surface area contributed by atoms with Crippen LogP contribution in [0.15, 0.2) is 53.8 Å². The van der Waals surface area contributed by atoms with Crippen molar-refractivity contribution in [2.75, 3.05) is 12.9 Å². The van der Waals surface area contributed by atoms with Gasteiger partial charge in [-0.1, -0.05) is 35.9 Å². The van der Waals surface area contributed by atoms with E-state index in [-0.39, 0.29) is 16.1 Å². The molecule has 7 heteroatoms. The van der Waals surface area contributed by atoms with E-state index in [9.17, 15) is 8.42 Å². The zero-order valence-electron chi connectivity index (χ0n) is 11.9. The van der Waals surface area contributed by atoms with Gasteiger partial charge in [-0.3, -0.25) is 0 Å². The van der Waals surface area contributed by atoms with Crippen LogP contribution in [0, 0.1) is 0 Å². The van der Waals surface area contributed by atoms with E-state index in [1.807, 2.05) is 24.3 Å². The summed E-state index contributed by atoms with van der Waals surface area (Å²) < 4.78 is 29.1. The minimum atomic E-state index is -3.56. The molecule has 0 fully saturated rings. The lowest BCUT2D eigenvalue weighted by Crippen LogP contribution is -2.09. The van der Waals surface area contributed by atoms with Crippen LogP contribution in [0.5, 0.6) is 5.75 Å². The van der Waals surface area contributed by atoms with Gasteiger partial charge < -0.3 is 4.74 Å². The first kappa shape index (κ1) is 16.5. The summed E-state index contributed by atoms with van der Waals surface area (Å²) in [7, 11) is -1.95. The average Bonchev–Trinajstić information content (AvgIpc) is 2.52. The average molecular weight is 339 g/mol. The highest BCUT2D eigenvalue weighted by Gasteiger charge is 2.16. The first-order valence-corrected chi connectivity index (χ1v) is 8.53. The molecule has 0 saturated carbocycles. The molecule has 2 aromatic rings. The summed E-state index contributed by atoms with van der Waals surface area (Å²) in [5.74, 6) is 0.622. The molecular formula is C15H15ClN2O3S. The van der Waals surface area contributed by atoms with E-state index in [2.05, 4.69) is 9.97 Å². The van der Waals surface area contributed by atoms with E-state index >= 15 is 0 Å². The van der Waals surface area contributed by atoms with Gasteiger partial charge >= 0.3 is 0 Å². The van der Waals surface area contributed by atoms with Gasteiger partial charge in [-0.15, -0.1) is 0 Å². The van der Waals surface area contributed by atoms with Crippen molar-refractivity contribution in [1.29, 1.82) is 0 Å². The van der Waals surface area contributed by atoms with Gasteiger partial charge in [-0.05, 0) is 30.2 Å². The normalized spacial score (nSPS) is 11.7. The number of benzene rings is 1. The quantitative estimate of drug-likeness (QED) is 0.460. The van der Waals surface area contributed by atoms with Crippen LogP contribution in [0.1, 0.15) is 5.56 Å². The molecule has 1 aromatic heterocycles. The van der Waals surface area contributed by atoms with E-state index in [0.717, 1.165) is 11.3 Å².